The normalized spacial score (nSPS) is 9.62. The monoisotopic (exact) mass is 180 g/mol. The van der Waals surface area contributed by atoms with Crippen molar-refractivity contribution in [1.29, 1.82) is 0 Å². The molecule has 0 heterocycles. The van der Waals surface area contributed by atoms with Crippen LogP contribution in [0.25, 0.3) is 0 Å². The van der Waals surface area contributed by atoms with Crippen LogP contribution in [0.2, 0.25) is 0 Å². The van der Waals surface area contributed by atoms with Gasteiger partial charge in [0.15, 0.2) is 0 Å². The Balaban J connectivity index is 3.03. The van der Waals surface area contributed by atoms with Crippen LogP contribution in [0.4, 0.5) is 5.69 Å². The van der Waals surface area contributed by atoms with Crippen molar-refractivity contribution in [2.75, 3.05) is 12.3 Å². The molecular formula is C9H12N2O2. The second kappa shape index (κ2) is 3.80. The summed E-state index contributed by atoms with van der Waals surface area (Å²) in [6.45, 7) is 2.38. The van der Waals surface area contributed by atoms with E-state index in [2.05, 4.69) is 0 Å². The van der Waals surface area contributed by atoms with Gasteiger partial charge in [0.05, 0.1) is 6.61 Å². The number of rotatable bonds is 3. The third kappa shape index (κ3) is 2.37. The molecule has 4 heteroatoms. The first kappa shape index (κ1) is 9.38. The molecule has 0 saturated carbocycles. The minimum absolute atomic E-state index is 0.364. The SMILES string of the molecule is CCOc1cc(N)cc(C(N)=O)c1. The molecule has 0 spiro atoms. The Morgan fingerprint density at radius 1 is 1.46 bits per heavy atom. The number of nitrogens with two attached hydrogens (primary N) is 2. The average molecular weight is 180 g/mol. The van der Waals surface area contributed by atoms with E-state index in [0.29, 0.717) is 23.6 Å². The molecule has 4 N–H and O–H groups in total. The van der Waals surface area contributed by atoms with E-state index in [1.165, 1.54) is 6.07 Å². The molecule has 0 aliphatic heterocycles. The summed E-state index contributed by atoms with van der Waals surface area (Å²) < 4.78 is 5.19. The van der Waals surface area contributed by atoms with E-state index in [1.54, 1.807) is 12.1 Å². The summed E-state index contributed by atoms with van der Waals surface area (Å²) in [6, 6.07) is 4.74. The van der Waals surface area contributed by atoms with Crippen LogP contribution in [-0.4, -0.2) is 12.5 Å². The second-order valence-corrected chi connectivity index (χ2v) is 2.59. The van der Waals surface area contributed by atoms with E-state index in [0.717, 1.165) is 0 Å². The summed E-state index contributed by atoms with van der Waals surface area (Å²) in [5.74, 6) is 0.0598. The third-order valence-corrected chi connectivity index (χ3v) is 1.52. The Labute approximate surface area is 76.5 Å². The zero-order valence-corrected chi connectivity index (χ0v) is 7.41. The molecule has 0 bridgehead atoms. The molecule has 70 valence electrons. The number of carbonyl (C=O) groups excluding carboxylic acids is 1. The fraction of sp³-hybridized carbons (Fsp3) is 0.222. The molecule has 0 unspecified atom stereocenters. The first-order valence-electron chi connectivity index (χ1n) is 3.96. The molecule has 1 amide bonds. The highest BCUT2D eigenvalue weighted by molar-refractivity contribution is 5.94. The van der Waals surface area contributed by atoms with Gasteiger partial charge in [-0.25, -0.2) is 0 Å². The van der Waals surface area contributed by atoms with Crippen molar-refractivity contribution in [3.05, 3.63) is 23.8 Å². The fourth-order valence-electron chi connectivity index (χ4n) is 1.01. The molecule has 13 heavy (non-hydrogen) atoms. The van der Waals surface area contributed by atoms with Crippen molar-refractivity contribution in [2.45, 2.75) is 6.92 Å². The summed E-state index contributed by atoms with van der Waals surface area (Å²) in [5.41, 5.74) is 11.5. The molecule has 0 fully saturated rings. The molecule has 0 radical (unpaired) electrons. The van der Waals surface area contributed by atoms with Gasteiger partial charge in [0.25, 0.3) is 0 Å². The van der Waals surface area contributed by atoms with Gasteiger partial charge in [0.1, 0.15) is 5.75 Å². The minimum atomic E-state index is -0.506. The van der Waals surface area contributed by atoms with Gasteiger partial charge in [-0.2, -0.15) is 0 Å². The number of ether oxygens (including phenoxy) is 1. The molecule has 1 rings (SSSR count). The Bertz CT molecular complexity index is 323. The summed E-state index contributed by atoms with van der Waals surface area (Å²) in [4.78, 5) is 10.8. The maximum atomic E-state index is 10.8. The molecular weight excluding hydrogens is 168 g/mol. The molecule has 1 aromatic carbocycles. The number of primary amides is 1. The van der Waals surface area contributed by atoms with Crippen molar-refractivity contribution in [3.8, 4) is 5.75 Å². The number of nitrogen functional groups attached to an aromatic ring is 1. The largest absolute Gasteiger partial charge is 0.494 e. The van der Waals surface area contributed by atoms with E-state index in [1.807, 2.05) is 6.92 Å². The Morgan fingerprint density at radius 3 is 2.69 bits per heavy atom. The molecule has 0 saturated heterocycles. The molecule has 1 aromatic rings. The van der Waals surface area contributed by atoms with E-state index in [9.17, 15) is 4.79 Å². The van der Waals surface area contributed by atoms with E-state index in [4.69, 9.17) is 16.2 Å². The molecule has 0 aromatic heterocycles. The first-order chi connectivity index (χ1) is 6.13. The van der Waals surface area contributed by atoms with Crippen LogP contribution in [0.1, 0.15) is 17.3 Å². The smallest absolute Gasteiger partial charge is 0.248 e. The predicted molar refractivity (Wildman–Crippen MR) is 50.5 cm³/mol. The molecule has 4 nitrogen and oxygen atoms in total. The number of benzene rings is 1. The Morgan fingerprint density at radius 2 is 2.15 bits per heavy atom. The van der Waals surface area contributed by atoms with Crippen molar-refractivity contribution in [3.63, 3.8) is 0 Å². The lowest BCUT2D eigenvalue weighted by atomic mass is 10.2. The second-order valence-electron chi connectivity index (χ2n) is 2.59. The first-order valence-corrected chi connectivity index (χ1v) is 3.96. The summed E-state index contributed by atoms with van der Waals surface area (Å²) >= 11 is 0. The lowest BCUT2D eigenvalue weighted by Crippen LogP contribution is -2.11. The van der Waals surface area contributed by atoms with E-state index >= 15 is 0 Å². The summed E-state index contributed by atoms with van der Waals surface area (Å²) in [5, 5.41) is 0. The van der Waals surface area contributed by atoms with Crippen molar-refractivity contribution >= 4 is 11.6 Å². The molecule has 0 atom stereocenters. The van der Waals surface area contributed by atoms with E-state index in [-0.39, 0.29) is 0 Å². The van der Waals surface area contributed by atoms with Gasteiger partial charge < -0.3 is 16.2 Å². The lowest BCUT2D eigenvalue weighted by molar-refractivity contribution is 0.1000. The number of hydrogen-bond donors (Lipinski definition) is 2. The topological polar surface area (TPSA) is 78.3 Å². The molecule has 0 aliphatic carbocycles. The molecule has 0 aliphatic rings. The number of hydrogen-bond acceptors (Lipinski definition) is 3. The van der Waals surface area contributed by atoms with Gasteiger partial charge in [0, 0.05) is 17.3 Å². The van der Waals surface area contributed by atoms with Crippen LogP contribution in [0, 0.1) is 0 Å². The van der Waals surface area contributed by atoms with E-state index < -0.39 is 5.91 Å². The van der Waals surface area contributed by atoms with Crippen LogP contribution in [0.5, 0.6) is 5.75 Å². The standard InChI is InChI=1S/C9H12N2O2/c1-2-13-8-4-6(9(11)12)3-7(10)5-8/h3-5H,2,10H2,1H3,(H2,11,12). The quantitative estimate of drug-likeness (QED) is 0.674. The fourth-order valence-corrected chi connectivity index (χ4v) is 1.01. The maximum absolute atomic E-state index is 10.8. The van der Waals surface area contributed by atoms with Crippen LogP contribution in [0.3, 0.4) is 0 Å². The van der Waals surface area contributed by atoms with Crippen LogP contribution in [0.15, 0.2) is 18.2 Å². The highest BCUT2D eigenvalue weighted by Crippen LogP contribution is 2.18. The highest BCUT2D eigenvalue weighted by Gasteiger charge is 2.03. The number of amides is 1. The average Bonchev–Trinajstić information content (AvgIpc) is 2.03. The number of anilines is 1. The lowest BCUT2D eigenvalue weighted by Gasteiger charge is -2.05. The van der Waals surface area contributed by atoms with Gasteiger partial charge in [-0.15, -0.1) is 0 Å². The minimum Gasteiger partial charge on any atom is -0.494 e. The van der Waals surface area contributed by atoms with Gasteiger partial charge in [0.2, 0.25) is 5.91 Å². The zero-order valence-electron chi connectivity index (χ0n) is 7.41. The van der Waals surface area contributed by atoms with Crippen LogP contribution >= 0.6 is 0 Å². The third-order valence-electron chi connectivity index (χ3n) is 1.52. The van der Waals surface area contributed by atoms with Gasteiger partial charge in [-0.05, 0) is 19.1 Å². The van der Waals surface area contributed by atoms with Gasteiger partial charge >= 0.3 is 0 Å². The van der Waals surface area contributed by atoms with Gasteiger partial charge in [-0.3, -0.25) is 4.79 Å². The Hall–Kier alpha value is -1.71. The van der Waals surface area contributed by atoms with Crippen LogP contribution in [-0.2, 0) is 0 Å². The van der Waals surface area contributed by atoms with Crippen molar-refractivity contribution < 1.29 is 9.53 Å². The summed E-state index contributed by atoms with van der Waals surface area (Å²) in [6.07, 6.45) is 0. The van der Waals surface area contributed by atoms with Crippen LogP contribution < -0.4 is 16.2 Å². The van der Waals surface area contributed by atoms with Crippen molar-refractivity contribution in [1.82, 2.24) is 0 Å². The predicted octanol–water partition coefficient (Wildman–Crippen LogP) is 0.766. The number of carbonyl (C=O) groups is 1. The Kier molecular flexibility index (Phi) is 2.74. The van der Waals surface area contributed by atoms with Gasteiger partial charge in [-0.1, -0.05) is 0 Å². The van der Waals surface area contributed by atoms with Crippen molar-refractivity contribution in [2.24, 2.45) is 5.73 Å². The highest BCUT2D eigenvalue weighted by atomic mass is 16.5. The maximum Gasteiger partial charge on any atom is 0.248 e. The zero-order chi connectivity index (χ0) is 9.84. The summed E-state index contributed by atoms with van der Waals surface area (Å²) in [7, 11) is 0.